The van der Waals surface area contributed by atoms with Crippen molar-refractivity contribution in [2.45, 2.75) is 37.3 Å². The SMILES string of the molecule is O=C1CCC(N2C(=O)c3ccc(N4CCC(O)(CN5C[C@@H]6C(CO)[C@@H]6C5)CC4)cc3C2=O)C(=O)N1. The Morgan fingerprint density at radius 3 is 2.34 bits per heavy atom. The topological polar surface area (TPSA) is 130 Å². The van der Waals surface area contributed by atoms with E-state index in [2.05, 4.69) is 15.1 Å². The van der Waals surface area contributed by atoms with Crippen LogP contribution in [0.3, 0.4) is 0 Å². The van der Waals surface area contributed by atoms with E-state index in [1.165, 1.54) is 0 Å². The number of rotatable bonds is 5. The summed E-state index contributed by atoms with van der Waals surface area (Å²) < 4.78 is 0. The molecule has 1 saturated carbocycles. The van der Waals surface area contributed by atoms with E-state index in [1.54, 1.807) is 12.1 Å². The molecule has 0 bridgehead atoms. The van der Waals surface area contributed by atoms with Crippen LogP contribution in [0.2, 0.25) is 0 Å². The summed E-state index contributed by atoms with van der Waals surface area (Å²) in [5, 5.41) is 22.8. The molecular weight excluding hydrogens is 452 g/mol. The van der Waals surface area contributed by atoms with Gasteiger partial charge in [-0.25, -0.2) is 0 Å². The Kier molecular flexibility index (Phi) is 5.24. The fraction of sp³-hybridized carbons (Fsp3) is 0.600. The van der Waals surface area contributed by atoms with Crippen LogP contribution in [0.5, 0.6) is 0 Å². The molecule has 10 heteroatoms. The maximum atomic E-state index is 13.1. The highest BCUT2D eigenvalue weighted by Gasteiger charge is 2.55. The first kappa shape index (κ1) is 22.6. The third-order valence-electron chi connectivity index (χ3n) is 8.66. The predicted octanol–water partition coefficient (Wildman–Crippen LogP) is -0.411. The van der Waals surface area contributed by atoms with Crippen molar-refractivity contribution in [3.8, 4) is 0 Å². The molecule has 35 heavy (non-hydrogen) atoms. The van der Waals surface area contributed by atoms with Crippen LogP contribution < -0.4 is 10.2 Å². The molecule has 6 rings (SSSR count). The summed E-state index contributed by atoms with van der Waals surface area (Å²) in [4.78, 5) is 55.2. The van der Waals surface area contributed by atoms with Crippen molar-refractivity contribution in [3.63, 3.8) is 0 Å². The first-order valence-electron chi connectivity index (χ1n) is 12.4. The molecule has 3 N–H and O–H groups in total. The van der Waals surface area contributed by atoms with Crippen LogP contribution in [-0.2, 0) is 9.59 Å². The molecule has 4 fully saturated rings. The van der Waals surface area contributed by atoms with Crippen molar-refractivity contribution < 1.29 is 29.4 Å². The van der Waals surface area contributed by atoms with Gasteiger partial charge in [0.05, 0.1) is 16.7 Å². The number of hydrogen-bond donors (Lipinski definition) is 3. The van der Waals surface area contributed by atoms with Crippen LogP contribution in [0.25, 0.3) is 0 Å². The van der Waals surface area contributed by atoms with Gasteiger partial charge in [-0.05, 0) is 55.2 Å². The van der Waals surface area contributed by atoms with Gasteiger partial charge < -0.3 is 15.1 Å². The number of hydrogen-bond acceptors (Lipinski definition) is 8. The fourth-order valence-electron chi connectivity index (χ4n) is 6.55. The third kappa shape index (κ3) is 3.75. The summed E-state index contributed by atoms with van der Waals surface area (Å²) >= 11 is 0. The van der Waals surface area contributed by atoms with Gasteiger partial charge in [-0.15, -0.1) is 0 Å². The molecular formula is C25H30N4O6. The molecule has 4 atom stereocenters. The molecule has 5 aliphatic rings. The number of nitrogens with one attached hydrogen (secondary N) is 1. The standard InChI is InChI=1S/C25H30N4O6/c30-12-19-17-10-27(11-18(17)19)13-25(35)5-7-28(8-6-25)14-1-2-15-16(9-14)24(34)29(23(15)33)20-3-4-21(31)26-22(20)32/h1-2,9,17-20,30,35H,3-8,10-13H2,(H,26,31,32)/t17-,18+,19?,20?. The minimum Gasteiger partial charge on any atom is -0.396 e. The van der Waals surface area contributed by atoms with Crippen molar-refractivity contribution in [2.75, 3.05) is 44.2 Å². The molecule has 0 aromatic heterocycles. The summed E-state index contributed by atoms with van der Waals surface area (Å²) in [6.45, 7) is 4.08. The number of nitrogens with zero attached hydrogens (tertiary/aromatic N) is 3. The highest BCUT2D eigenvalue weighted by molar-refractivity contribution is 6.23. The second kappa shape index (κ2) is 8.11. The smallest absolute Gasteiger partial charge is 0.262 e. The molecule has 4 amide bonds. The zero-order chi connectivity index (χ0) is 24.5. The molecule has 4 heterocycles. The number of amides is 4. The average Bonchev–Trinajstić information content (AvgIpc) is 3.20. The summed E-state index contributed by atoms with van der Waals surface area (Å²) in [5.74, 6) is -0.428. The van der Waals surface area contributed by atoms with Crippen molar-refractivity contribution in [2.24, 2.45) is 17.8 Å². The second-order valence-corrected chi connectivity index (χ2v) is 10.8. The number of fused-ring (bicyclic) bond motifs is 2. The van der Waals surface area contributed by atoms with Gasteiger partial charge in [-0.3, -0.25) is 34.3 Å². The van der Waals surface area contributed by atoms with Gasteiger partial charge in [0, 0.05) is 51.4 Å². The van der Waals surface area contributed by atoms with Crippen LogP contribution >= 0.6 is 0 Å². The zero-order valence-electron chi connectivity index (χ0n) is 19.5. The minimum absolute atomic E-state index is 0.0898. The van der Waals surface area contributed by atoms with E-state index >= 15 is 0 Å². The third-order valence-corrected chi connectivity index (χ3v) is 8.66. The number of carbonyl (C=O) groups is 4. The maximum Gasteiger partial charge on any atom is 0.262 e. The number of imide groups is 2. The lowest BCUT2D eigenvalue weighted by atomic mass is 9.90. The predicted molar refractivity (Wildman–Crippen MR) is 124 cm³/mol. The summed E-state index contributed by atoms with van der Waals surface area (Å²) in [6.07, 6.45) is 1.43. The number of piperidine rings is 3. The average molecular weight is 483 g/mol. The Bertz CT molecular complexity index is 1100. The van der Waals surface area contributed by atoms with E-state index in [-0.39, 0.29) is 30.6 Å². The fourth-order valence-corrected chi connectivity index (χ4v) is 6.55. The largest absolute Gasteiger partial charge is 0.396 e. The van der Waals surface area contributed by atoms with E-state index < -0.39 is 35.3 Å². The number of anilines is 1. The van der Waals surface area contributed by atoms with Crippen LogP contribution in [0.1, 0.15) is 46.4 Å². The molecule has 4 aliphatic heterocycles. The molecule has 0 radical (unpaired) electrons. The minimum atomic E-state index is -0.974. The highest BCUT2D eigenvalue weighted by atomic mass is 16.3. The van der Waals surface area contributed by atoms with E-state index in [1.807, 2.05) is 6.07 Å². The normalized spacial score (nSPS) is 32.1. The lowest BCUT2D eigenvalue weighted by Crippen LogP contribution is -2.54. The molecule has 1 aliphatic carbocycles. The monoisotopic (exact) mass is 482 g/mol. The van der Waals surface area contributed by atoms with Gasteiger partial charge in [-0.2, -0.15) is 0 Å². The Balaban J connectivity index is 1.10. The summed E-state index contributed by atoms with van der Waals surface area (Å²) in [7, 11) is 0. The molecule has 1 aromatic rings. The molecule has 0 spiro atoms. The quantitative estimate of drug-likeness (QED) is 0.483. The number of aliphatic hydroxyl groups excluding tert-OH is 1. The molecule has 10 nitrogen and oxygen atoms in total. The van der Waals surface area contributed by atoms with Gasteiger partial charge in [0.25, 0.3) is 11.8 Å². The first-order chi connectivity index (χ1) is 16.8. The number of benzene rings is 1. The first-order valence-corrected chi connectivity index (χ1v) is 12.4. The zero-order valence-corrected chi connectivity index (χ0v) is 19.5. The van der Waals surface area contributed by atoms with Gasteiger partial charge in [0.15, 0.2) is 0 Å². The summed E-state index contributed by atoms with van der Waals surface area (Å²) in [6, 6.07) is 4.17. The van der Waals surface area contributed by atoms with Crippen molar-refractivity contribution in [1.82, 2.24) is 15.1 Å². The lowest BCUT2D eigenvalue weighted by Gasteiger charge is -2.41. The molecule has 2 unspecified atom stereocenters. The molecule has 186 valence electrons. The van der Waals surface area contributed by atoms with E-state index in [0.29, 0.717) is 50.2 Å². The van der Waals surface area contributed by atoms with Crippen LogP contribution in [0.15, 0.2) is 18.2 Å². The Hall–Kier alpha value is -2.82. The van der Waals surface area contributed by atoms with E-state index in [0.717, 1.165) is 23.7 Å². The van der Waals surface area contributed by atoms with E-state index in [9.17, 15) is 29.4 Å². The van der Waals surface area contributed by atoms with Crippen molar-refractivity contribution in [1.29, 1.82) is 0 Å². The van der Waals surface area contributed by atoms with Crippen LogP contribution in [0, 0.1) is 17.8 Å². The number of likely N-dealkylation sites (tertiary alicyclic amines) is 1. The van der Waals surface area contributed by atoms with Gasteiger partial charge in [0.2, 0.25) is 11.8 Å². The number of carbonyl (C=O) groups excluding carboxylic acids is 4. The van der Waals surface area contributed by atoms with Crippen LogP contribution in [-0.4, -0.2) is 94.6 Å². The lowest BCUT2D eigenvalue weighted by molar-refractivity contribution is -0.136. The Morgan fingerprint density at radius 1 is 1.00 bits per heavy atom. The summed E-state index contributed by atoms with van der Waals surface area (Å²) in [5.41, 5.74) is 0.594. The van der Waals surface area contributed by atoms with E-state index in [4.69, 9.17) is 0 Å². The molecule has 3 saturated heterocycles. The maximum absolute atomic E-state index is 13.1. The second-order valence-electron chi connectivity index (χ2n) is 10.8. The Labute approximate surface area is 202 Å². The van der Waals surface area contributed by atoms with Gasteiger partial charge >= 0.3 is 0 Å². The number of β-amino-alcohol motifs (C(OH)–C–C–N with tert-alkyl or cyclic N) is 1. The Morgan fingerprint density at radius 2 is 1.69 bits per heavy atom. The van der Waals surface area contributed by atoms with Crippen LogP contribution in [0.4, 0.5) is 5.69 Å². The van der Waals surface area contributed by atoms with Crippen molar-refractivity contribution >= 4 is 29.3 Å². The van der Waals surface area contributed by atoms with Gasteiger partial charge in [0.1, 0.15) is 6.04 Å². The highest BCUT2D eigenvalue weighted by Crippen LogP contribution is 2.51. The molecule has 1 aromatic carbocycles. The van der Waals surface area contributed by atoms with Gasteiger partial charge in [-0.1, -0.05) is 0 Å². The number of aliphatic hydroxyl groups is 2. The van der Waals surface area contributed by atoms with Crippen molar-refractivity contribution in [3.05, 3.63) is 29.3 Å².